The van der Waals surface area contributed by atoms with E-state index in [-0.39, 0.29) is 17.7 Å². The van der Waals surface area contributed by atoms with E-state index in [9.17, 15) is 9.59 Å². The Morgan fingerprint density at radius 1 is 1.04 bits per heavy atom. The number of anilines is 1. The highest BCUT2D eigenvalue weighted by atomic mass is 16.2. The largest absolute Gasteiger partial charge is 0.339 e. The average Bonchev–Trinajstić information content (AvgIpc) is 3.32. The summed E-state index contributed by atoms with van der Waals surface area (Å²) in [6.45, 7) is 0.539. The van der Waals surface area contributed by atoms with Crippen molar-refractivity contribution in [2.45, 2.75) is 38.1 Å². The molecule has 5 heteroatoms. The summed E-state index contributed by atoms with van der Waals surface area (Å²) in [5.74, 6) is 0.253. The van der Waals surface area contributed by atoms with Gasteiger partial charge in [-0.25, -0.2) is 4.98 Å². The number of hydrogen-bond acceptors (Lipinski definition) is 3. The Labute approximate surface area is 153 Å². The first kappa shape index (κ1) is 16.8. The smallest absolute Gasteiger partial charge is 0.230 e. The zero-order valence-corrected chi connectivity index (χ0v) is 14.7. The van der Waals surface area contributed by atoms with E-state index in [1.807, 2.05) is 47.4 Å². The molecule has 1 saturated heterocycles. The van der Waals surface area contributed by atoms with Crippen LogP contribution in [0.3, 0.4) is 0 Å². The first-order valence-electron chi connectivity index (χ1n) is 9.32. The van der Waals surface area contributed by atoms with Crippen LogP contribution in [0.25, 0.3) is 11.1 Å². The monoisotopic (exact) mass is 349 g/mol. The lowest BCUT2D eigenvalue weighted by atomic mass is 10.1. The number of carbonyl (C=O) groups excluding carboxylic acids is 2. The summed E-state index contributed by atoms with van der Waals surface area (Å²) >= 11 is 0. The maximum Gasteiger partial charge on any atom is 0.230 e. The van der Waals surface area contributed by atoms with Crippen molar-refractivity contribution in [1.82, 2.24) is 9.88 Å². The predicted molar refractivity (Wildman–Crippen MR) is 100 cm³/mol. The van der Waals surface area contributed by atoms with Crippen LogP contribution in [0.4, 0.5) is 5.82 Å². The van der Waals surface area contributed by atoms with E-state index in [0.29, 0.717) is 24.8 Å². The normalized spacial score (nSPS) is 20.5. The summed E-state index contributed by atoms with van der Waals surface area (Å²) in [7, 11) is 0. The van der Waals surface area contributed by atoms with Crippen LogP contribution in [0.1, 0.15) is 32.1 Å². The van der Waals surface area contributed by atoms with E-state index in [1.54, 1.807) is 6.20 Å². The third-order valence-corrected chi connectivity index (χ3v) is 5.42. The van der Waals surface area contributed by atoms with E-state index in [4.69, 9.17) is 0 Å². The molecular formula is C21H23N3O2. The van der Waals surface area contributed by atoms with Gasteiger partial charge in [-0.15, -0.1) is 0 Å². The van der Waals surface area contributed by atoms with Crippen molar-refractivity contribution >= 4 is 17.6 Å². The lowest BCUT2D eigenvalue weighted by Gasteiger charge is -2.23. The molecule has 26 heavy (non-hydrogen) atoms. The first-order chi connectivity index (χ1) is 12.7. The van der Waals surface area contributed by atoms with Gasteiger partial charge < -0.3 is 10.2 Å². The molecule has 2 amide bonds. The molecule has 0 radical (unpaired) electrons. The second-order valence-corrected chi connectivity index (χ2v) is 7.17. The van der Waals surface area contributed by atoms with Gasteiger partial charge in [0.15, 0.2) is 0 Å². The van der Waals surface area contributed by atoms with Gasteiger partial charge in [0, 0.05) is 30.8 Å². The van der Waals surface area contributed by atoms with E-state index >= 15 is 0 Å². The minimum Gasteiger partial charge on any atom is -0.339 e. The maximum atomic E-state index is 12.5. The van der Waals surface area contributed by atoms with Crippen molar-refractivity contribution < 1.29 is 9.59 Å². The second-order valence-electron chi connectivity index (χ2n) is 7.17. The average molecular weight is 349 g/mol. The lowest BCUT2D eigenvalue weighted by molar-refractivity contribution is -0.129. The number of benzene rings is 1. The van der Waals surface area contributed by atoms with E-state index in [2.05, 4.69) is 10.3 Å². The summed E-state index contributed by atoms with van der Waals surface area (Å²) in [6, 6.07) is 14.1. The maximum absolute atomic E-state index is 12.5. The highest BCUT2D eigenvalue weighted by Crippen LogP contribution is 2.30. The zero-order valence-electron chi connectivity index (χ0n) is 14.7. The topological polar surface area (TPSA) is 62.3 Å². The molecule has 1 aromatic carbocycles. The van der Waals surface area contributed by atoms with Crippen LogP contribution in [0.2, 0.25) is 0 Å². The standard InChI is InChI=1S/C21H23N3O2/c25-20-12-17(14-24(20)18-8-4-5-9-18)21(26)23-19-11-10-16(13-22-19)15-6-2-1-3-7-15/h1-3,6-7,10-11,13,17-18H,4-5,8-9,12,14H2,(H,22,23,26)/t17-/m0/s1. The Hall–Kier alpha value is -2.69. The van der Waals surface area contributed by atoms with E-state index < -0.39 is 0 Å². The molecule has 0 spiro atoms. The molecule has 0 bridgehead atoms. The van der Waals surface area contributed by atoms with Crippen LogP contribution in [-0.2, 0) is 9.59 Å². The highest BCUT2D eigenvalue weighted by molar-refractivity contribution is 5.96. The van der Waals surface area contributed by atoms with Crippen molar-refractivity contribution in [3.8, 4) is 11.1 Å². The number of hydrogen-bond donors (Lipinski definition) is 1. The highest BCUT2D eigenvalue weighted by Gasteiger charge is 2.38. The van der Waals surface area contributed by atoms with Crippen molar-refractivity contribution in [1.29, 1.82) is 0 Å². The Kier molecular flexibility index (Phi) is 4.69. The number of rotatable bonds is 4. The molecule has 1 aliphatic carbocycles. The Morgan fingerprint density at radius 3 is 2.50 bits per heavy atom. The molecule has 2 heterocycles. The molecule has 2 aliphatic rings. The van der Waals surface area contributed by atoms with Crippen molar-refractivity contribution in [3.63, 3.8) is 0 Å². The Bertz CT molecular complexity index is 783. The zero-order chi connectivity index (χ0) is 17.9. The number of nitrogens with one attached hydrogen (secondary N) is 1. The summed E-state index contributed by atoms with van der Waals surface area (Å²) in [4.78, 5) is 31.1. The van der Waals surface area contributed by atoms with Crippen LogP contribution in [0.5, 0.6) is 0 Å². The summed E-state index contributed by atoms with van der Waals surface area (Å²) in [6.07, 6.45) is 6.58. The lowest BCUT2D eigenvalue weighted by Crippen LogP contribution is -2.35. The fraction of sp³-hybridized carbons (Fsp3) is 0.381. The third kappa shape index (κ3) is 3.47. The molecule has 2 aromatic rings. The van der Waals surface area contributed by atoms with Crippen LogP contribution in [0.15, 0.2) is 48.7 Å². The summed E-state index contributed by atoms with van der Waals surface area (Å²) in [5.41, 5.74) is 2.10. The van der Waals surface area contributed by atoms with Crippen molar-refractivity contribution in [3.05, 3.63) is 48.7 Å². The van der Waals surface area contributed by atoms with Crippen LogP contribution >= 0.6 is 0 Å². The second kappa shape index (κ2) is 7.28. The van der Waals surface area contributed by atoms with Crippen LogP contribution in [-0.4, -0.2) is 34.3 Å². The summed E-state index contributed by atoms with van der Waals surface area (Å²) in [5, 5.41) is 2.87. The van der Waals surface area contributed by atoms with E-state index in [1.165, 1.54) is 12.8 Å². The number of aromatic nitrogens is 1. The van der Waals surface area contributed by atoms with Gasteiger partial charge in [-0.1, -0.05) is 43.2 Å². The van der Waals surface area contributed by atoms with E-state index in [0.717, 1.165) is 24.0 Å². The quantitative estimate of drug-likeness (QED) is 0.919. The fourth-order valence-electron chi connectivity index (χ4n) is 3.97. The van der Waals surface area contributed by atoms with Gasteiger partial charge >= 0.3 is 0 Å². The molecule has 1 saturated carbocycles. The molecular weight excluding hydrogens is 326 g/mol. The van der Waals surface area contributed by atoms with Crippen molar-refractivity contribution in [2.24, 2.45) is 5.92 Å². The Morgan fingerprint density at radius 2 is 1.81 bits per heavy atom. The fourth-order valence-corrected chi connectivity index (χ4v) is 3.97. The van der Waals surface area contributed by atoms with Gasteiger partial charge in [0.05, 0.1) is 5.92 Å². The Balaban J connectivity index is 1.38. The van der Waals surface area contributed by atoms with Crippen LogP contribution in [0, 0.1) is 5.92 Å². The number of pyridine rings is 1. The predicted octanol–water partition coefficient (Wildman–Crippen LogP) is 3.48. The number of nitrogens with zero attached hydrogens (tertiary/aromatic N) is 2. The molecule has 1 aliphatic heterocycles. The van der Waals surface area contributed by atoms with Gasteiger partial charge in [0.25, 0.3) is 0 Å². The molecule has 5 nitrogen and oxygen atoms in total. The van der Waals surface area contributed by atoms with Gasteiger partial charge in [-0.05, 0) is 30.5 Å². The SMILES string of the molecule is O=C(Nc1ccc(-c2ccccc2)cn1)[C@H]1CC(=O)N(C2CCCC2)C1. The van der Waals surface area contributed by atoms with Gasteiger partial charge in [0.1, 0.15) is 5.82 Å². The number of carbonyl (C=O) groups is 2. The minimum absolute atomic E-state index is 0.112. The van der Waals surface area contributed by atoms with Gasteiger partial charge in [-0.3, -0.25) is 9.59 Å². The third-order valence-electron chi connectivity index (χ3n) is 5.42. The summed E-state index contributed by atoms with van der Waals surface area (Å²) < 4.78 is 0. The molecule has 134 valence electrons. The molecule has 2 fully saturated rings. The molecule has 4 rings (SSSR count). The first-order valence-corrected chi connectivity index (χ1v) is 9.32. The van der Waals surface area contributed by atoms with Crippen molar-refractivity contribution in [2.75, 3.05) is 11.9 Å². The number of amides is 2. The van der Waals surface area contributed by atoms with Gasteiger partial charge in [0.2, 0.25) is 11.8 Å². The number of likely N-dealkylation sites (tertiary alicyclic amines) is 1. The molecule has 1 N–H and O–H groups in total. The molecule has 1 aromatic heterocycles. The van der Waals surface area contributed by atoms with Crippen LogP contribution < -0.4 is 5.32 Å². The molecule has 1 atom stereocenters. The van der Waals surface area contributed by atoms with Gasteiger partial charge in [-0.2, -0.15) is 0 Å². The molecule has 0 unspecified atom stereocenters. The minimum atomic E-state index is -0.279.